The molecule has 3 N–H and O–H groups in total. The Labute approximate surface area is 120 Å². The van der Waals surface area contributed by atoms with Gasteiger partial charge in [0.05, 0.1) is 0 Å². The molecule has 2 heterocycles. The van der Waals surface area contributed by atoms with Crippen LogP contribution < -0.4 is 11.3 Å². The van der Waals surface area contributed by atoms with E-state index in [4.69, 9.17) is 5.73 Å². The minimum atomic E-state index is -0.00828. The van der Waals surface area contributed by atoms with E-state index >= 15 is 0 Å². The highest BCUT2D eigenvalue weighted by Gasteiger charge is 2.22. The van der Waals surface area contributed by atoms with Gasteiger partial charge in [0.1, 0.15) is 0 Å². The monoisotopic (exact) mass is 285 g/mol. The van der Waals surface area contributed by atoms with Crippen LogP contribution in [0.5, 0.6) is 0 Å². The largest absolute Gasteiger partial charge is 0.326 e. The van der Waals surface area contributed by atoms with Crippen LogP contribution in [0.3, 0.4) is 0 Å². The number of H-pyrrole nitrogens is 1. The van der Waals surface area contributed by atoms with Gasteiger partial charge in [0.15, 0.2) is 0 Å². The predicted molar refractivity (Wildman–Crippen MR) is 80.8 cm³/mol. The van der Waals surface area contributed by atoms with Crippen LogP contribution in [0.2, 0.25) is 0 Å². The number of hydrogen-bond acceptors (Lipinski definition) is 3. The molecule has 1 aromatic rings. The molecular weight excluding hydrogens is 262 g/mol. The van der Waals surface area contributed by atoms with Gasteiger partial charge < -0.3 is 10.7 Å². The number of aromatic nitrogens is 1. The van der Waals surface area contributed by atoms with Crippen molar-refractivity contribution in [2.75, 3.05) is 13.1 Å². The first-order valence-electron chi connectivity index (χ1n) is 6.68. The lowest BCUT2D eigenvalue weighted by atomic mass is 9.94. The summed E-state index contributed by atoms with van der Waals surface area (Å²) in [6.07, 6.45) is 0.944. The Morgan fingerprint density at radius 2 is 2.05 bits per heavy atom. The van der Waals surface area contributed by atoms with Crippen LogP contribution >= 0.6 is 12.4 Å². The first-order chi connectivity index (χ1) is 8.52. The molecule has 4 nitrogen and oxygen atoms in total. The van der Waals surface area contributed by atoms with Crippen LogP contribution in [0, 0.1) is 12.8 Å². The first kappa shape index (κ1) is 16.2. The lowest BCUT2D eigenvalue weighted by molar-refractivity contribution is 0.225. The van der Waals surface area contributed by atoms with Crippen molar-refractivity contribution in [3.8, 4) is 0 Å². The summed E-state index contributed by atoms with van der Waals surface area (Å²) in [6, 6.07) is 0. The fraction of sp³-hybridized carbons (Fsp3) is 0.643. The average Bonchev–Trinajstić information content (AvgIpc) is 2.29. The molecule has 0 atom stereocenters. The molecule has 0 fully saturated rings. The van der Waals surface area contributed by atoms with Crippen molar-refractivity contribution in [3.05, 3.63) is 32.7 Å². The second-order valence-corrected chi connectivity index (χ2v) is 5.60. The zero-order valence-electron chi connectivity index (χ0n) is 12.0. The molecule has 1 aliphatic heterocycles. The van der Waals surface area contributed by atoms with Gasteiger partial charge in [-0.05, 0) is 30.4 Å². The Morgan fingerprint density at radius 1 is 1.37 bits per heavy atom. The Bertz CT molecular complexity index is 496. The topological polar surface area (TPSA) is 62.1 Å². The Hall–Kier alpha value is -0.840. The summed E-state index contributed by atoms with van der Waals surface area (Å²) in [5.74, 6) is 0.670. The first-order valence-corrected chi connectivity index (χ1v) is 6.68. The molecule has 0 saturated heterocycles. The van der Waals surface area contributed by atoms with Gasteiger partial charge in [-0.15, -0.1) is 12.4 Å². The van der Waals surface area contributed by atoms with E-state index in [2.05, 4.69) is 23.7 Å². The molecule has 0 aliphatic carbocycles. The molecule has 0 unspecified atom stereocenters. The molecule has 0 spiro atoms. The number of hydrogen-bond donors (Lipinski definition) is 2. The van der Waals surface area contributed by atoms with Gasteiger partial charge >= 0.3 is 0 Å². The van der Waals surface area contributed by atoms with E-state index in [1.807, 2.05) is 6.92 Å². The quantitative estimate of drug-likeness (QED) is 0.886. The smallest absolute Gasteiger partial charge is 0.252 e. The molecule has 0 aromatic carbocycles. The Balaban J connectivity index is 0.00000180. The molecule has 108 valence electrons. The third kappa shape index (κ3) is 3.38. The van der Waals surface area contributed by atoms with E-state index in [9.17, 15) is 4.79 Å². The lowest BCUT2D eigenvalue weighted by Gasteiger charge is -2.31. The maximum absolute atomic E-state index is 11.9. The normalized spacial score (nSPS) is 15.2. The summed E-state index contributed by atoms with van der Waals surface area (Å²) in [4.78, 5) is 17.2. The van der Waals surface area contributed by atoms with Crippen molar-refractivity contribution in [1.29, 1.82) is 0 Å². The third-order valence-corrected chi connectivity index (χ3v) is 3.64. The van der Waals surface area contributed by atoms with Crippen LogP contribution in [0.15, 0.2) is 4.79 Å². The predicted octanol–water partition coefficient (Wildman–Crippen LogP) is 1.58. The maximum atomic E-state index is 11.9. The molecule has 0 radical (unpaired) electrons. The number of fused-ring (bicyclic) bond motifs is 1. The number of halogens is 1. The van der Waals surface area contributed by atoms with E-state index < -0.39 is 0 Å². The lowest BCUT2D eigenvalue weighted by Crippen LogP contribution is -2.36. The highest BCUT2D eigenvalue weighted by Crippen LogP contribution is 2.22. The number of nitrogens with one attached hydrogen (secondary N) is 1. The van der Waals surface area contributed by atoms with E-state index in [1.54, 1.807) is 0 Å². The van der Waals surface area contributed by atoms with E-state index in [0.717, 1.165) is 37.3 Å². The third-order valence-electron chi connectivity index (χ3n) is 3.64. The molecule has 0 saturated carbocycles. The molecule has 1 aliphatic rings. The van der Waals surface area contributed by atoms with Gasteiger partial charge in [-0.3, -0.25) is 9.69 Å². The summed E-state index contributed by atoms with van der Waals surface area (Å²) in [5.41, 5.74) is 9.95. The summed E-state index contributed by atoms with van der Waals surface area (Å²) >= 11 is 0. The summed E-state index contributed by atoms with van der Waals surface area (Å²) < 4.78 is 0. The molecule has 2 rings (SSSR count). The second kappa shape index (κ2) is 6.55. The van der Waals surface area contributed by atoms with Gasteiger partial charge in [-0.1, -0.05) is 13.8 Å². The molecular formula is C14H24ClN3O. The zero-order chi connectivity index (χ0) is 13.3. The van der Waals surface area contributed by atoms with Gasteiger partial charge in [0.2, 0.25) is 0 Å². The summed E-state index contributed by atoms with van der Waals surface area (Å²) in [5, 5.41) is 0. The van der Waals surface area contributed by atoms with E-state index in [0.29, 0.717) is 12.5 Å². The van der Waals surface area contributed by atoms with Crippen molar-refractivity contribution in [3.63, 3.8) is 0 Å². The highest BCUT2D eigenvalue weighted by molar-refractivity contribution is 5.85. The van der Waals surface area contributed by atoms with Crippen LogP contribution in [0.1, 0.15) is 36.2 Å². The van der Waals surface area contributed by atoms with E-state index in [-0.39, 0.29) is 18.0 Å². The van der Waals surface area contributed by atoms with Crippen molar-refractivity contribution in [2.24, 2.45) is 11.7 Å². The molecule has 5 heteroatoms. The van der Waals surface area contributed by atoms with Gasteiger partial charge in [0, 0.05) is 37.4 Å². The van der Waals surface area contributed by atoms with Crippen LogP contribution in [-0.2, 0) is 19.5 Å². The number of nitrogens with two attached hydrogens (primary N) is 1. The molecule has 1 aromatic heterocycles. The van der Waals surface area contributed by atoms with Crippen LogP contribution in [0.4, 0.5) is 0 Å². The summed E-state index contributed by atoms with van der Waals surface area (Å²) in [6.45, 7) is 9.86. The molecule has 0 amide bonds. The number of aromatic amines is 1. The van der Waals surface area contributed by atoms with Gasteiger partial charge in [-0.25, -0.2) is 0 Å². The van der Waals surface area contributed by atoms with Crippen molar-refractivity contribution < 1.29 is 0 Å². The SMILES string of the molecule is Cc1[nH]c(=O)c(CN)c2c1CN(CC(C)C)CC2.Cl. The van der Waals surface area contributed by atoms with Gasteiger partial charge in [0.25, 0.3) is 5.56 Å². The van der Waals surface area contributed by atoms with E-state index in [1.165, 1.54) is 11.1 Å². The van der Waals surface area contributed by atoms with Gasteiger partial charge in [-0.2, -0.15) is 0 Å². The number of nitrogens with zero attached hydrogens (tertiary/aromatic N) is 1. The fourth-order valence-corrected chi connectivity index (χ4v) is 2.84. The Morgan fingerprint density at radius 3 is 2.63 bits per heavy atom. The molecule has 0 bridgehead atoms. The maximum Gasteiger partial charge on any atom is 0.252 e. The number of pyridine rings is 1. The minimum Gasteiger partial charge on any atom is -0.326 e. The number of rotatable bonds is 3. The number of aryl methyl sites for hydroxylation is 1. The minimum absolute atomic E-state index is 0. The van der Waals surface area contributed by atoms with Crippen molar-refractivity contribution in [2.45, 2.75) is 40.3 Å². The summed E-state index contributed by atoms with van der Waals surface area (Å²) in [7, 11) is 0. The molecule has 19 heavy (non-hydrogen) atoms. The fourth-order valence-electron chi connectivity index (χ4n) is 2.84. The van der Waals surface area contributed by atoms with Crippen LogP contribution in [-0.4, -0.2) is 23.0 Å². The van der Waals surface area contributed by atoms with Crippen molar-refractivity contribution >= 4 is 12.4 Å². The Kier molecular flexibility index (Phi) is 5.59. The average molecular weight is 286 g/mol. The standard InChI is InChI=1S/C14H23N3O.ClH/c1-9(2)7-17-5-4-11-12(6-15)14(18)16-10(3)13(11)8-17;/h9H,4-8,15H2,1-3H3,(H,16,18);1H. The second-order valence-electron chi connectivity index (χ2n) is 5.60. The zero-order valence-corrected chi connectivity index (χ0v) is 12.8. The van der Waals surface area contributed by atoms with Crippen LogP contribution in [0.25, 0.3) is 0 Å². The van der Waals surface area contributed by atoms with Crippen molar-refractivity contribution in [1.82, 2.24) is 9.88 Å². The highest BCUT2D eigenvalue weighted by atomic mass is 35.5.